The van der Waals surface area contributed by atoms with E-state index in [1.165, 1.54) is 6.07 Å². The molecule has 0 saturated carbocycles. The van der Waals surface area contributed by atoms with Gasteiger partial charge in [0.2, 0.25) is 0 Å². The van der Waals surface area contributed by atoms with Gasteiger partial charge in [-0.25, -0.2) is 18.7 Å². The maximum atomic E-state index is 15.4. The third kappa shape index (κ3) is 4.97. The highest BCUT2D eigenvalue weighted by Gasteiger charge is 2.23. The van der Waals surface area contributed by atoms with Crippen LogP contribution in [0.3, 0.4) is 0 Å². The molecular weight excluding hydrogens is 502 g/mol. The first kappa shape index (κ1) is 25.4. The predicted molar refractivity (Wildman–Crippen MR) is 148 cm³/mol. The second-order valence-corrected chi connectivity index (χ2v) is 9.77. The van der Waals surface area contributed by atoms with Crippen LogP contribution < -0.4 is 15.1 Å². The van der Waals surface area contributed by atoms with Gasteiger partial charge in [-0.15, -0.1) is 0 Å². The number of morpholine rings is 2. The van der Waals surface area contributed by atoms with Crippen LogP contribution in [-0.2, 0) is 9.47 Å². The van der Waals surface area contributed by atoms with Gasteiger partial charge in [-0.05, 0) is 37.6 Å². The summed E-state index contributed by atoms with van der Waals surface area (Å²) >= 11 is 0. The van der Waals surface area contributed by atoms with E-state index < -0.39 is 11.6 Å². The quantitative estimate of drug-likeness (QED) is 0.385. The van der Waals surface area contributed by atoms with Gasteiger partial charge in [0.05, 0.1) is 66.3 Å². The minimum atomic E-state index is -0.679. The maximum absolute atomic E-state index is 15.4. The zero-order chi connectivity index (χ0) is 26.9. The molecule has 0 unspecified atom stereocenters. The summed E-state index contributed by atoms with van der Waals surface area (Å²) in [4.78, 5) is 18.4. The number of benzene rings is 1. The topological polar surface area (TPSA) is 75.6 Å². The molecule has 0 spiro atoms. The van der Waals surface area contributed by atoms with Crippen LogP contribution in [0.15, 0.2) is 42.7 Å². The van der Waals surface area contributed by atoms with Crippen molar-refractivity contribution in [2.75, 3.05) is 67.7 Å². The first-order valence-corrected chi connectivity index (χ1v) is 13.1. The molecule has 10 heteroatoms. The van der Waals surface area contributed by atoms with E-state index in [-0.39, 0.29) is 10.9 Å². The van der Waals surface area contributed by atoms with Crippen molar-refractivity contribution in [2.24, 2.45) is 0 Å². The van der Waals surface area contributed by atoms with Gasteiger partial charge in [0.1, 0.15) is 11.6 Å². The third-order valence-electron chi connectivity index (χ3n) is 7.31. The fourth-order valence-corrected chi connectivity index (χ4v) is 5.25. The van der Waals surface area contributed by atoms with Crippen molar-refractivity contribution in [2.45, 2.75) is 13.8 Å². The molecule has 2 aliphatic rings. The lowest BCUT2D eigenvalue weighted by Gasteiger charge is -2.32. The van der Waals surface area contributed by atoms with Crippen molar-refractivity contribution in [3.63, 3.8) is 0 Å². The molecule has 3 aromatic heterocycles. The van der Waals surface area contributed by atoms with Gasteiger partial charge in [0, 0.05) is 55.8 Å². The summed E-state index contributed by atoms with van der Waals surface area (Å²) in [5.74, 6) is -0.606. The van der Waals surface area contributed by atoms with Crippen LogP contribution in [0.5, 0.6) is 0 Å². The number of anilines is 4. The van der Waals surface area contributed by atoms with E-state index in [1.807, 2.05) is 38.2 Å². The third-order valence-corrected chi connectivity index (χ3v) is 7.31. The Bertz CT molecular complexity index is 1520. The summed E-state index contributed by atoms with van der Waals surface area (Å²) in [6.07, 6.45) is 3.59. The first-order valence-electron chi connectivity index (χ1n) is 13.1. The lowest BCUT2D eigenvalue weighted by molar-refractivity contribution is 0.122. The molecule has 2 aliphatic heterocycles. The Morgan fingerprint density at radius 3 is 2.33 bits per heavy atom. The molecule has 8 nitrogen and oxygen atoms in total. The highest BCUT2D eigenvalue weighted by molar-refractivity contribution is 5.99. The Hall–Kier alpha value is -3.89. The zero-order valence-corrected chi connectivity index (χ0v) is 22.0. The number of nitrogens with zero attached hydrogens (tertiary/aromatic N) is 5. The van der Waals surface area contributed by atoms with Crippen LogP contribution in [-0.4, -0.2) is 67.6 Å². The fraction of sp³-hybridized carbons (Fsp3) is 0.345. The number of hydrogen-bond donors (Lipinski definition) is 1. The number of ether oxygens (including phenoxy) is 2. The molecule has 5 heterocycles. The van der Waals surface area contributed by atoms with E-state index in [0.717, 1.165) is 53.2 Å². The standard InChI is InChI=1S/C29H30F2N6O2/c1-18-27(22-4-3-5-32-19(22)2)34-24-15-20(30)14-23(31)26(24)28(18)35-25-16-21(36-6-10-38-11-7-36)17-33-29(25)37-8-12-39-13-9-37/h3-5,14-17H,6-13H2,1-2H3,(H,34,35). The molecule has 0 aliphatic carbocycles. The first-order chi connectivity index (χ1) is 19.0. The van der Waals surface area contributed by atoms with Crippen molar-refractivity contribution < 1.29 is 18.3 Å². The van der Waals surface area contributed by atoms with Gasteiger partial charge in [0.15, 0.2) is 5.82 Å². The second kappa shape index (κ2) is 10.7. The monoisotopic (exact) mass is 532 g/mol. The molecule has 1 aromatic carbocycles. The van der Waals surface area contributed by atoms with Crippen molar-refractivity contribution in [1.29, 1.82) is 0 Å². The van der Waals surface area contributed by atoms with Gasteiger partial charge >= 0.3 is 0 Å². The van der Waals surface area contributed by atoms with Crippen LogP contribution in [0, 0.1) is 25.5 Å². The van der Waals surface area contributed by atoms with Crippen molar-refractivity contribution in [3.05, 3.63) is 65.6 Å². The molecule has 2 saturated heterocycles. The number of fused-ring (bicyclic) bond motifs is 1. The van der Waals surface area contributed by atoms with Crippen LogP contribution >= 0.6 is 0 Å². The van der Waals surface area contributed by atoms with Crippen LogP contribution in [0.25, 0.3) is 22.2 Å². The van der Waals surface area contributed by atoms with Crippen molar-refractivity contribution in [3.8, 4) is 11.3 Å². The number of aryl methyl sites for hydroxylation is 1. The molecule has 4 aromatic rings. The smallest absolute Gasteiger partial charge is 0.152 e. The van der Waals surface area contributed by atoms with Crippen molar-refractivity contribution >= 4 is 33.8 Å². The molecule has 2 fully saturated rings. The zero-order valence-electron chi connectivity index (χ0n) is 22.0. The Balaban J connectivity index is 1.54. The number of nitrogens with one attached hydrogen (secondary N) is 1. The van der Waals surface area contributed by atoms with E-state index in [4.69, 9.17) is 19.4 Å². The van der Waals surface area contributed by atoms with Crippen LogP contribution in [0.2, 0.25) is 0 Å². The summed E-state index contributed by atoms with van der Waals surface area (Å²) in [6.45, 7) is 9.17. The highest BCUT2D eigenvalue weighted by atomic mass is 19.1. The normalized spacial score (nSPS) is 16.1. The Morgan fingerprint density at radius 2 is 1.62 bits per heavy atom. The Morgan fingerprint density at radius 1 is 0.897 bits per heavy atom. The molecule has 0 amide bonds. The number of halogens is 2. The van der Waals surface area contributed by atoms with Crippen molar-refractivity contribution in [1.82, 2.24) is 15.0 Å². The van der Waals surface area contributed by atoms with Gasteiger partial charge in [-0.3, -0.25) is 4.98 Å². The molecule has 39 heavy (non-hydrogen) atoms. The lowest BCUT2D eigenvalue weighted by atomic mass is 10.00. The largest absolute Gasteiger partial charge is 0.378 e. The number of aromatic nitrogens is 3. The van der Waals surface area contributed by atoms with Gasteiger partial charge in [-0.1, -0.05) is 0 Å². The number of pyridine rings is 3. The molecule has 6 rings (SSSR count). The van der Waals surface area contributed by atoms with E-state index in [1.54, 1.807) is 6.20 Å². The molecule has 0 bridgehead atoms. The van der Waals surface area contributed by atoms with E-state index in [0.29, 0.717) is 50.9 Å². The summed E-state index contributed by atoms with van der Waals surface area (Å²) in [5, 5.41) is 3.75. The minimum absolute atomic E-state index is 0.226. The molecule has 1 N–H and O–H groups in total. The second-order valence-electron chi connectivity index (χ2n) is 9.77. The van der Waals surface area contributed by atoms with E-state index >= 15 is 4.39 Å². The SMILES string of the molecule is Cc1ncccc1-c1nc2cc(F)cc(F)c2c(Nc2cc(N3CCOCC3)cnc2N2CCOCC2)c1C. The van der Waals surface area contributed by atoms with Crippen LogP contribution in [0.1, 0.15) is 11.3 Å². The molecule has 0 atom stereocenters. The average molecular weight is 533 g/mol. The molecular formula is C29H30F2N6O2. The Kier molecular flexibility index (Phi) is 6.97. The highest BCUT2D eigenvalue weighted by Crippen LogP contribution is 2.40. The van der Waals surface area contributed by atoms with E-state index in [9.17, 15) is 4.39 Å². The fourth-order valence-electron chi connectivity index (χ4n) is 5.25. The summed E-state index contributed by atoms with van der Waals surface area (Å²) in [6, 6.07) is 7.96. The molecule has 0 radical (unpaired) electrons. The van der Waals surface area contributed by atoms with Gasteiger partial charge in [0.25, 0.3) is 0 Å². The summed E-state index contributed by atoms with van der Waals surface area (Å²) in [7, 11) is 0. The average Bonchev–Trinajstić information content (AvgIpc) is 2.95. The lowest BCUT2D eigenvalue weighted by Crippen LogP contribution is -2.38. The maximum Gasteiger partial charge on any atom is 0.152 e. The molecule has 202 valence electrons. The van der Waals surface area contributed by atoms with Gasteiger partial charge in [-0.2, -0.15) is 0 Å². The number of hydrogen-bond acceptors (Lipinski definition) is 8. The summed E-state index contributed by atoms with van der Waals surface area (Å²) < 4.78 is 40.9. The van der Waals surface area contributed by atoms with Gasteiger partial charge < -0.3 is 24.6 Å². The van der Waals surface area contributed by atoms with Crippen LogP contribution in [0.4, 0.5) is 31.7 Å². The summed E-state index contributed by atoms with van der Waals surface area (Å²) in [5.41, 5.74) is 5.35. The minimum Gasteiger partial charge on any atom is -0.378 e. The Labute approximate surface area is 225 Å². The predicted octanol–water partition coefficient (Wildman–Crippen LogP) is 5.00. The van der Waals surface area contributed by atoms with E-state index in [2.05, 4.69) is 20.1 Å². The number of rotatable bonds is 5.